The first kappa shape index (κ1) is 30.2. The van der Waals surface area contributed by atoms with E-state index in [0.29, 0.717) is 38.1 Å². The molecule has 3 aromatic carbocycles. The Morgan fingerprint density at radius 3 is 2.47 bits per heavy atom. The number of hydrogen-bond acceptors (Lipinski definition) is 6. The van der Waals surface area contributed by atoms with Crippen molar-refractivity contribution in [1.82, 2.24) is 14.9 Å². The molecule has 2 aromatic heterocycles. The Bertz CT molecular complexity index is 1700. The van der Waals surface area contributed by atoms with E-state index in [0.717, 1.165) is 69.2 Å². The number of nitrogens with zero attached hydrogens (tertiary/aromatic N) is 2. The second-order valence-corrected chi connectivity index (χ2v) is 11.0. The van der Waals surface area contributed by atoms with Gasteiger partial charge in [0.05, 0.1) is 17.8 Å². The van der Waals surface area contributed by atoms with Crippen LogP contribution in [0.4, 0.5) is 0 Å². The molecule has 224 valence electrons. The van der Waals surface area contributed by atoms with E-state index in [-0.39, 0.29) is 11.6 Å². The molecule has 0 saturated heterocycles. The lowest BCUT2D eigenvalue weighted by molar-refractivity contribution is -0.0466. The molecule has 0 spiro atoms. The smallest absolute Gasteiger partial charge is 0.251 e. The average Bonchev–Trinajstić information content (AvgIpc) is 3.38. The monoisotopic (exact) mass is 580 g/mol. The third-order valence-corrected chi connectivity index (χ3v) is 7.83. The summed E-state index contributed by atoms with van der Waals surface area (Å²) < 4.78 is 7.92. The molecular weight excluding hydrogens is 540 g/mol. The second kappa shape index (κ2) is 13.8. The number of carbonyl (C=O) groups excluding carboxylic acids is 1. The number of aromatic nitrogens is 2. The number of aliphatic hydroxyl groups excluding tert-OH is 1. The van der Waals surface area contributed by atoms with Gasteiger partial charge in [0.2, 0.25) is 0 Å². The number of nitrogens with two attached hydrogens (primary N) is 1. The van der Waals surface area contributed by atoms with Gasteiger partial charge in [-0.1, -0.05) is 48.9 Å². The molecule has 1 amide bonds. The number of aliphatic hydroxyl groups is 2. The summed E-state index contributed by atoms with van der Waals surface area (Å²) in [4.78, 5) is 12.8. The summed E-state index contributed by atoms with van der Waals surface area (Å²) in [5, 5.41) is 30.3. The minimum absolute atomic E-state index is 0.0958. The lowest BCUT2D eigenvalue weighted by Gasteiger charge is -2.14. The van der Waals surface area contributed by atoms with Gasteiger partial charge in [0.15, 0.2) is 6.29 Å². The van der Waals surface area contributed by atoms with Crippen molar-refractivity contribution in [3.8, 4) is 17.0 Å². The first-order valence-corrected chi connectivity index (χ1v) is 15.0. The highest BCUT2D eigenvalue weighted by molar-refractivity contribution is 5.95. The van der Waals surface area contributed by atoms with Gasteiger partial charge in [-0.3, -0.25) is 4.79 Å². The number of amides is 1. The first-order chi connectivity index (χ1) is 20.9. The van der Waals surface area contributed by atoms with Gasteiger partial charge in [0, 0.05) is 28.6 Å². The van der Waals surface area contributed by atoms with Gasteiger partial charge < -0.3 is 26.0 Å². The maximum absolute atomic E-state index is 12.8. The quantitative estimate of drug-likeness (QED) is 0.106. The lowest BCUT2D eigenvalue weighted by Crippen LogP contribution is -2.24. The fraction of sp³-hybridized carbons (Fsp3) is 0.314. The predicted molar refractivity (Wildman–Crippen MR) is 170 cm³/mol. The third-order valence-electron chi connectivity index (χ3n) is 7.83. The van der Waals surface area contributed by atoms with Crippen LogP contribution in [-0.2, 0) is 6.42 Å². The van der Waals surface area contributed by atoms with E-state index in [1.165, 1.54) is 0 Å². The minimum Gasteiger partial charge on any atom is -0.493 e. The van der Waals surface area contributed by atoms with E-state index in [1.54, 1.807) is 4.52 Å². The van der Waals surface area contributed by atoms with Crippen LogP contribution in [0.2, 0.25) is 0 Å². The Balaban J connectivity index is 1.37. The van der Waals surface area contributed by atoms with Crippen LogP contribution in [0.5, 0.6) is 5.75 Å². The summed E-state index contributed by atoms with van der Waals surface area (Å²) in [5.74, 6) is 0.735. The Hall–Kier alpha value is -4.24. The molecule has 0 aliphatic heterocycles. The number of hydrogen-bond donors (Lipinski definition) is 4. The van der Waals surface area contributed by atoms with Gasteiger partial charge in [-0.2, -0.15) is 5.10 Å². The van der Waals surface area contributed by atoms with Crippen molar-refractivity contribution in [1.29, 1.82) is 0 Å². The maximum Gasteiger partial charge on any atom is 0.251 e. The summed E-state index contributed by atoms with van der Waals surface area (Å²) in [7, 11) is 0. The van der Waals surface area contributed by atoms with Crippen molar-refractivity contribution in [2.45, 2.75) is 52.2 Å². The molecule has 0 aliphatic rings. The van der Waals surface area contributed by atoms with E-state index in [1.807, 2.05) is 74.5 Å². The number of ether oxygens (including phenoxy) is 1. The van der Waals surface area contributed by atoms with E-state index in [2.05, 4.69) is 22.5 Å². The topological polar surface area (TPSA) is 122 Å². The second-order valence-electron chi connectivity index (χ2n) is 11.0. The number of unbranched alkanes of at least 4 members (excludes halogenated alkanes) is 2. The Morgan fingerprint density at radius 1 is 0.953 bits per heavy atom. The van der Waals surface area contributed by atoms with Crippen molar-refractivity contribution in [2.24, 2.45) is 5.73 Å². The number of carbonyl (C=O) groups is 1. The van der Waals surface area contributed by atoms with Crippen LogP contribution < -0.4 is 15.8 Å². The average molecular weight is 581 g/mol. The predicted octanol–water partition coefficient (Wildman–Crippen LogP) is 5.62. The highest BCUT2D eigenvalue weighted by Gasteiger charge is 2.21. The van der Waals surface area contributed by atoms with Crippen molar-refractivity contribution in [3.63, 3.8) is 0 Å². The number of benzene rings is 3. The molecule has 8 heteroatoms. The molecule has 5 N–H and O–H groups in total. The normalized spacial score (nSPS) is 11.5. The van der Waals surface area contributed by atoms with Crippen molar-refractivity contribution < 1.29 is 19.7 Å². The minimum atomic E-state index is -1.71. The first-order valence-electron chi connectivity index (χ1n) is 15.0. The molecule has 0 saturated carbocycles. The zero-order chi connectivity index (χ0) is 30.3. The molecule has 0 bridgehead atoms. The van der Waals surface area contributed by atoms with Crippen molar-refractivity contribution in [3.05, 3.63) is 101 Å². The summed E-state index contributed by atoms with van der Waals surface area (Å²) in [6, 6.07) is 23.8. The molecule has 8 nitrogen and oxygen atoms in total. The lowest BCUT2D eigenvalue weighted by atomic mass is 9.96. The number of pyridine rings is 1. The molecule has 0 radical (unpaired) electrons. The summed E-state index contributed by atoms with van der Waals surface area (Å²) in [6.45, 7) is 5.72. The standard InChI is InChI=1S/C35H40N4O4/c1-23-21-26(34(40)37-19-7-3-6-18-36)22-24(2)32(23)30-16-9-15-29-28(33(35(41)42)38-39(29)30)14-10-20-43-31-17-8-12-25-11-4-5-13-27(25)31/h4-5,8-9,11-13,15-17,21-22,35,41-42H,3,6-7,10,14,18-20,36H2,1-2H3,(H,37,40). The fourth-order valence-electron chi connectivity index (χ4n) is 5.79. The Morgan fingerprint density at radius 2 is 1.70 bits per heavy atom. The summed E-state index contributed by atoms with van der Waals surface area (Å²) in [6.07, 6.45) is 2.37. The van der Waals surface area contributed by atoms with Gasteiger partial charge >= 0.3 is 0 Å². The molecular formula is C35H40N4O4. The van der Waals surface area contributed by atoms with Crippen LogP contribution in [0.3, 0.4) is 0 Å². The van der Waals surface area contributed by atoms with Gasteiger partial charge in [0.1, 0.15) is 11.4 Å². The van der Waals surface area contributed by atoms with Crippen molar-refractivity contribution >= 4 is 22.2 Å². The van der Waals surface area contributed by atoms with Gasteiger partial charge in [-0.25, -0.2) is 4.52 Å². The third kappa shape index (κ3) is 6.72. The molecule has 0 atom stereocenters. The molecule has 43 heavy (non-hydrogen) atoms. The van der Waals surface area contributed by atoms with E-state index >= 15 is 0 Å². The highest BCUT2D eigenvalue weighted by atomic mass is 16.5. The van der Waals surface area contributed by atoms with Crippen LogP contribution in [0, 0.1) is 13.8 Å². The Kier molecular flexibility index (Phi) is 9.72. The van der Waals surface area contributed by atoms with Crippen LogP contribution in [0.25, 0.3) is 27.5 Å². The summed E-state index contributed by atoms with van der Waals surface area (Å²) >= 11 is 0. The van der Waals surface area contributed by atoms with E-state index < -0.39 is 6.29 Å². The SMILES string of the molecule is Cc1cc(C(=O)NCCCCCN)cc(C)c1-c1cccc2c(CCCOc3cccc4ccccc34)c(C(O)O)nn12. The van der Waals surface area contributed by atoms with Gasteiger partial charge in [-0.05, 0) is 92.9 Å². The van der Waals surface area contributed by atoms with Gasteiger partial charge in [0.25, 0.3) is 5.91 Å². The zero-order valence-electron chi connectivity index (χ0n) is 24.8. The number of fused-ring (bicyclic) bond motifs is 2. The molecule has 0 aliphatic carbocycles. The van der Waals surface area contributed by atoms with E-state index in [4.69, 9.17) is 10.5 Å². The molecule has 5 rings (SSSR count). The van der Waals surface area contributed by atoms with Crippen LogP contribution in [-0.4, -0.2) is 45.4 Å². The van der Waals surface area contributed by atoms with Crippen molar-refractivity contribution in [2.75, 3.05) is 19.7 Å². The molecule has 5 aromatic rings. The zero-order valence-corrected chi connectivity index (χ0v) is 24.8. The van der Waals surface area contributed by atoms with Crippen LogP contribution >= 0.6 is 0 Å². The Labute approximate surface area is 252 Å². The molecule has 0 fully saturated rings. The maximum atomic E-state index is 12.8. The summed E-state index contributed by atoms with van der Waals surface area (Å²) in [5.41, 5.74) is 11.6. The number of rotatable bonds is 13. The largest absolute Gasteiger partial charge is 0.493 e. The number of aryl methyl sites for hydroxylation is 3. The number of nitrogens with one attached hydrogen (secondary N) is 1. The van der Waals surface area contributed by atoms with E-state index in [9.17, 15) is 15.0 Å². The van der Waals surface area contributed by atoms with Gasteiger partial charge in [-0.15, -0.1) is 0 Å². The molecule has 0 unspecified atom stereocenters. The molecule has 2 heterocycles. The van der Waals surface area contributed by atoms with Crippen LogP contribution in [0.1, 0.15) is 64.7 Å². The van der Waals surface area contributed by atoms with Crippen LogP contribution in [0.15, 0.2) is 72.8 Å². The fourth-order valence-corrected chi connectivity index (χ4v) is 5.79. The highest BCUT2D eigenvalue weighted by Crippen LogP contribution is 2.32.